The Morgan fingerprint density at radius 3 is 2.74 bits per heavy atom. The number of nitrogens with zero attached hydrogens (tertiary/aromatic N) is 3. The van der Waals surface area contributed by atoms with Gasteiger partial charge in [-0.3, -0.25) is 14.9 Å². The number of fused-ring (bicyclic) bond motifs is 1. The number of aromatic nitrogens is 2. The summed E-state index contributed by atoms with van der Waals surface area (Å²) in [5, 5.41) is 12.0. The maximum absolute atomic E-state index is 12.6. The molecular weight excluding hydrogens is 404 g/mol. The minimum absolute atomic E-state index is 0.0405. The third-order valence-electron chi connectivity index (χ3n) is 5.06. The van der Waals surface area contributed by atoms with Crippen LogP contribution >= 0.6 is 0 Å². The van der Waals surface area contributed by atoms with E-state index in [4.69, 9.17) is 9.47 Å². The zero-order valence-electron chi connectivity index (χ0n) is 16.7. The van der Waals surface area contributed by atoms with Crippen LogP contribution in [-0.4, -0.2) is 47.2 Å². The summed E-state index contributed by atoms with van der Waals surface area (Å²) in [5.74, 6) is -0.559. The molecule has 10 nitrogen and oxygen atoms in total. The molecule has 1 saturated heterocycles. The van der Waals surface area contributed by atoms with Crippen LogP contribution < -0.4 is 10.5 Å². The van der Waals surface area contributed by atoms with E-state index in [1.54, 1.807) is 37.3 Å². The van der Waals surface area contributed by atoms with E-state index in [1.807, 2.05) is 4.90 Å². The Hall–Kier alpha value is -3.79. The van der Waals surface area contributed by atoms with Crippen molar-refractivity contribution in [1.82, 2.24) is 9.97 Å². The molecule has 0 aliphatic carbocycles. The second-order valence-electron chi connectivity index (χ2n) is 7.08. The Bertz CT molecular complexity index is 1200. The van der Waals surface area contributed by atoms with E-state index in [9.17, 15) is 19.7 Å². The van der Waals surface area contributed by atoms with Gasteiger partial charge >= 0.3 is 5.97 Å². The largest absolute Gasteiger partial charge is 0.451 e. The molecule has 1 atom stereocenters. The maximum atomic E-state index is 12.6. The fourth-order valence-corrected chi connectivity index (χ4v) is 3.45. The minimum Gasteiger partial charge on any atom is -0.451 e. The summed E-state index contributed by atoms with van der Waals surface area (Å²) in [6.07, 6.45) is -0.859. The van der Waals surface area contributed by atoms with Crippen molar-refractivity contribution in [2.45, 2.75) is 13.0 Å². The Kier molecular flexibility index (Phi) is 5.63. The van der Waals surface area contributed by atoms with Crippen LogP contribution in [0.15, 0.2) is 47.3 Å². The second-order valence-corrected chi connectivity index (χ2v) is 7.08. The number of anilines is 1. The van der Waals surface area contributed by atoms with Crippen molar-refractivity contribution in [1.29, 1.82) is 0 Å². The molecule has 2 heterocycles. The number of benzene rings is 2. The molecule has 1 N–H and O–H groups in total. The number of morpholine rings is 1. The highest BCUT2D eigenvalue weighted by Gasteiger charge is 2.25. The molecule has 0 unspecified atom stereocenters. The molecule has 0 radical (unpaired) electrons. The Morgan fingerprint density at radius 1 is 1.26 bits per heavy atom. The van der Waals surface area contributed by atoms with Crippen molar-refractivity contribution in [2.24, 2.45) is 0 Å². The average molecular weight is 424 g/mol. The first kappa shape index (κ1) is 20.5. The smallest absolute Gasteiger partial charge is 0.339 e. The predicted octanol–water partition coefficient (Wildman–Crippen LogP) is 2.59. The number of hydrogen-bond donors (Lipinski definition) is 1. The van der Waals surface area contributed by atoms with Crippen molar-refractivity contribution in [3.63, 3.8) is 0 Å². The van der Waals surface area contributed by atoms with Crippen LogP contribution in [0, 0.1) is 10.1 Å². The summed E-state index contributed by atoms with van der Waals surface area (Å²) in [6, 6.07) is 11.1. The third kappa shape index (κ3) is 4.24. The molecule has 0 bridgehead atoms. The Morgan fingerprint density at radius 2 is 2.00 bits per heavy atom. The molecule has 1 aromatic heterocycles. The molecule has 0 saturated carbocycles. The lowest BCUT2D eigenvalue weighted by atomic mass is 10.1. The molecule has 160 valence electrons. The fraction of sp³-hybridized carbons (Fsp3) is 0.286. The van der Waals surface area contributed by atoms with Gasteiger partial charge in [0.05, 0.1) is 34.6 Å². The first-order valence-corrected chi connectivity index (χ1v) is 9.75. The Labute approximate surface area is 176 Å². The molecule has 0 spiro atoms. The van der Waals surface area contributed by atoms with Crippen LogP contribution in [0.3, 0.4) is 0 Å². The summed E-state index contributed by atoms with van der Waals surface area (Å²) in [4.78, 5) is 44.8. The average Bonchev–Trinajstić information content (AvgIpc) is 2.79. The van der Waals surface area contributed by atoms with Crippen LogP contribution in [0.4, 0.5) is 11.4 Å². The van der Waals surface area contributed by atoms with E-state index in [0.29, 0.717) is 42.9 Å². The molecule has 10 heteroatoms. The molecule has 4 rings (SSSR count). The van der Waals surface area contributed by atoms with E-state index in [1.165, 1.54) is 12.1 Å². The number of nitro groups is 1. The number of ether oxygens (including phenoxy) is 2. The van der Waals surface area contributed by atoms with Gasteiger partial charge in [0.15, 0.2) is 11.9 Å². The molecule has 1 aliphatic rings. The van der Waals surface area contributed by atoms with Crippen LogP contribution in [0.5, 0.6) is 0 Å². The predicted molar refractivity (Wildman–Crippen MR) is 112 cm³/mol. The zero-order valence-corrected chi connectivity index (χ0v) is 16.7. The number of nitro benzene ring substituents is 1. The highest BCUT2D eigenvalue weighted by molar-refractivity contribution is 5.91. The van der Waals surface area contributed by atoms with E-state index in [-0.39, 0.29) is 22.6 Å². The lowest BCUT2D eigenvalue weighted by molar-refractivity contribution is -0.384. The van der Waals surface area contributed by atoms with Crippen molar-refractivity contribution < 1.29 is 19.2 Å². The number of hydrogen-bond acceptors (Lipinski definition) is 8. The first-order valence-electron chi connectivity index (χ1n) is 9.75. The highest BCUT2D eigenvalue weighted by Crippen LogP contribution is 2.30. The van der Waals surface area contributed by atoms with E-state index in [0.717, 1.165) is 0 Å². The van der Waals surface area contributed by atoms with Gasteiger partial charge in [-0.05, 0) is 31.2 Å². The molecule has 1 aliphatic heterocycles. The third-order valence-corrected chi connectivity index (χ3v) is 5.06. The van der Waals surface area contributed by atoms with Gasteiger partial charge in [0.25, 0.3) is 11.2 Å². The Balaban J connectivity index is 1.57. The summed E-state index contributed by atoms with van der Waals surface area (Å²) in [7, 11) is 0. The van der Waals surface area contributed by atoms with Gasteiger partial charge in [0, 0.05) is 19.2 Å². The second kappa shape index (κ2) is 8.52. The van der Waals surface area contributed by atoms with Crippen LogP contribution in [-0.2, 0) is 9.47 Å². The standard InChI is InChI=1S/C21H20N4O6/c1-13(19-22-16-5-3-2-4-15(16)20(26)23-19)31-21(27)14-6-7-17(18(12-14)25(28)29)24-8-10-30-11-9-24/h2-7,12-13H,8-11H2,1H3,(H,22,23,26)/t13-/m1/s1. The maximum Gasteiger partial charge on any atom is 0.339 e. The number of carbonyl (C=O) groups is 1. The number of esters is 1. The SMILES string of the molecule is C[C@@H](OC(=O)c1ccc(N2CCOCC2)c([N+](=O)[O-])c1)c1nc2ccccc2c(=O)[nH]1. The number of carbonyl (C=O) groups excluding carboxylic acids is 1. The molecule has 2 aromatic carbocycles. The number of aromatic amines is 1. The van der Waals surface area contributed by atoms with Gasteiger partial charge in [0.2, 0.25) is 0 Å². The fourth-order valence-electron chi connectivity index (χ4n) is 3.45. The quantitative estimate of drug-likeness (QED) is 0.376. The molecule has 3 aromatic rings. The zero-order chi connectivity index (χ0) is 22.0. The van der Waals surface area contributed by atoms with E-state index < -0.39 is 17.0 Å². The molecular formula is C21H20N4O6. The monoisotopic (exact) mass is 424 g/mol. The summed E-state index contributed by atoms with van der Waals surface area (Å²) in [5.41, 5.74) is 0.432. The summed E-state index contributed by atoms with van der Waals surface area (Å²) < 4.78 is 10.7. The summed E-state index contributed by atoms with van der Waals surface area (Å²) in [6.45, 7) is 3.59. The number of H-pyrrole nitrogens is 1. The number of nitrogens with one attached hydrogen (secondary N) is 1. The van der Waals surface area contributed by atoms with Crippen molar-refractivity contribution in [2.75, 3.05) is 31.2 Å². The number of para-hydroxylation sites is 1. The number of rotatable bonds is 5. The van der Waals surface area contributed by atoms with Crippen molar-refractivity contribution in [3.05, 3.63) is 74.3 Å². The van der Waals surface area contributed by atoms with Crippen LogP contribution in [0.1, 0.15) is 29.2 Å². The molecule has 0 amide bonds. The lowest BCUT2D eigenvalue weighted by Gasteiger charge is -2.28. The van der Waals surface area contributed by atoms with Crippen molar-refractivity contribution in [3.8, 4) is 0 Å². The van der Waals surface area contributed by atoms with Crippen LogP contribution in [0.2, 0.25) is 0 Å². The van der Waals surface area contributed by atoms with Gasteiger partial charge in [-0.1, -0.05) is 12.1 Å². The van der Waals surface area contributed by atoms with Gasteiger partial charge in [-0.25, -0.2) is 9.78 Å². The minimum atomic E-state index is -0.859. The molecule has 1 fully saturated rings. The van der Waals surface area contributed by atoms with Crippen LogP contribution in [0.25, 0.3) is 10.9 Å². The van der Waals surface area contributed by atoms with E-state index in [2.05, 4.69) is 9.97 Å². The summed E-state index contributed by atoms with van der Waals surface area (Å²) >= 11 is 0. The topological polar surface area (TPSA) is 128 Å². The van der Waals surface area contributed by atoms with Crippen molar-refractivity contribution >= 4 is 28.2 Å². The van der Waals surface area contributed by atoms with E-state index >= 15 is 0 Å². The first-order chi connectivity index (χ1) is 14.9. The lowest BCUT2D eigenvalue weighted by Crippen LogP contribution is -2.36. The molecule has 31 heavy (non-hydrogen) atoms. The van der Waals surface area contributed by atoms with Gasteiger partial charge in [-0.2, -0.15) is 0 Å². The highest BCUT2D eigenvalue weighted by atomic mass is 16.6. The van der Waals surface area contributed by atoms with Gasteiger partial charge in [0.1, 0.15) is 5.69 Å². The van der Waals surface area contributed by atoms with Gasteiger partial charge < -0.3 is 19.4 Å². The normalized spacial score (nSPS) is 14.9. The van der Waals surface area contributed by atoms with Gasteiger partial charge in [-0.15, -0.1) is 0 Å².